The largest absolute Gasteiger partial charge is 0.416 e. The molecule has 0 aliphatic carbocycles. The number of urea groups is 1. The van der Waals surface area contributed by atoms with Gasteiger partial charge < -0.3 is 15.5 Å². The van der Waals surface area contributed by atoms with Gasteiger partial charge in [0, 0.05) is 18.2 Å². The van der Waals surface area contributed by atoms with E-state index in [1.807, 2.05) is 6.92 Å². The molecule has 26 heavy (non-hydrogen) atoms. The van der Waals surface area contributed by atoms with Crippen molar-refractivity contribution < 1.29 is 18.0 Å². The van der Waals surface area contributed by atoms with Crippen LogP contribution in [0.25, 0.3) is 0 Å². The first kappa shape index (κ1) is 20.1. The normalized spacial score (nSPS) is 16.3. The molecule has 1 heterocycles. The van der Waals surface area contributed by atoms with E-state index in [0.29, 0.717) is 0 Å². The predicted molar refractivity (Wildman–Crippen MR) is 94.6 cm³/mol. The number of piperidine rings is 1. The molecule has 1 aliphatic rings. The summed E-state index contributed by atoms with van der Waals surface area (Å²) in [6, 6.07) is 4.50. The van der Waals surface area contributed by atoms with Crippen LogP contribution in [0.5, 0.6) is 0 Å². The van der Waals surface area contributed by atoms with Gasteiger partial charge in [0.15, 0.2) is 0 Å². The summed E-state index contributed by atoms with van der Waals surface area (Å²) in [6.07, 6.45) is -0.724. The monoisotopic (exact) mass is 367 g/mol. The molecule has 1 saturated heterocycles. The Kier molecular flexibility index (Phi) is 7.34. The summed E-state index contributed by atoms with van der Waals surface area (Å²) in [4.78, 5) is 14.2. The Bertz CT molecular complexity index is 658. The quantitative estimate of drug-likeness (QED) is 0.803. The maximum Gasteiger partial charge on any atom is 0.416 e. The SMILES string of the molecule is CC(CN1CCCCC1)NC(=O)NCC#Cc1cccc(C(F)(F)F)c1. The number of rotatable bonds is 4. The van der Waals surface area contributed by atoms with Gasteiger partial charge in [-0.3, -0.25) is 0 Å². The number of carbonyl (C=O) groups is 1. The Labute approximate surface area is 152 Å². The van der Waals surface area contributed by atoms with Crippen molar-refractivity contribution in [1.82, 2.24) is 15.5 Å². The van der Waals surface area contributed by atoms with Crippen LogP contribution in [0.15, 0.2) is 24.3 Å². The van der Waals surface area contributed by atoms with Crippen LogP contribution in [-0.2, 0) is 6.18 Å². The van der Waals surface area contributed by atoms with Crippen molar-refractivity contribution in [2.24, 2.45) is 0 Å². The second kappa shape index (κ2) is 9.48. The van der Waals surface area contributed by atoms with Gasteiger partial charge in [0.05, 0.1) is 12.1 Å². The molecule has 0 aromatic heterocycles. The molecule has 0 radical (unpaired) electrons. The lowest BCUT2D eigenvalue weighted by molar-refractivity contribution is -0.137. The Morgan fingerprint density at radius 1 is 1.27 bits per heavy atom. The van der Waals surface area contributed by atoms with Crippen LogP contribution in [0.4, 0.5) is 18.0 Å². The number of hydrogen-bond acceptors (Lipinski definition) is 2. The Hall–Kier alpha value is -2.20. The zero-order valence-corrected chi connectivity index (χ0v) is 14.8. The number of likely N-dealkylation sites (tertiary alicyclic amines) is 1. The average Bonchev–Trinajstić information content (AvgIpc) is 2.59. The highest BCUT2D eigenvalue weighted by atomic mass is 19.4. The molecule has 2 amide bonds. The molecule has 1 unspecified atom stereocenters. The number of alkyl halides is 3. The van der Waals surface area contributed by atoms with Gasteiger partial charge >= 0.3 is 12.2 Å². The van der Waals surface area contributed by atoms with Gasteiger partial charge in [-0.1, -0.05) is 24.3 Å². The minimum atomic E-state index is -4.39. The van der Waals surface area contributed by atoms with E-state index < -0.39 is 11.7 Å². The first-order chi connectivity index (χ1) is 12.3. The molecule has 0 spiro atoms. The summed E-state index contributed by atoms with van der Waals surface area (Å²) in [7, 11) is 0. The number of nitrogens with zero attached hydrogens (tertiary/aromatic N) is 1. The van der Waals surface area contributed by atoms with Gasteiger partial charge in [0.25, 0.3) is 0 Å². The lowest BCUT2D eigenvalue weighted by Crippen LogP contribution is -2.47. The highest BCUT2D eigenvalue weighted by molar-refractivity contribution is 5.74. The molecular weight excluding hydrogens is 343 g/mol. The van der Waals surface area contributed by atoms with E-state index in [-0.39, 0.29) is 24.2 Å². The maximum absolute atomic E-state index is 12.6. The van der Waals surface area contributed by atoms with Crippen LogP contribution in [-0.4, -0.2) is 43.2 Å². The minimum Gasteiger partial charge on any atom is -0.334 e. The number of nitrogens with one attached hydrogen (secondary N) is 2. The van der Waals surface area contributed by atoms with Crippen LogP contribution in [0.3, 0.4) is 0 Å². The second-order valence-electron chi connectivity index (χ2n) is 6.47. The summed E-state index contributed by atoms with van der Waals surface area (Å²) in [5.41, 5.74) is -0.470. The average molecular weight is 367 g/mol. The van der Waals surface area contributed by atoms with Crippen LogP contribution in [0.1, 0.15) is 37.3 Å². The van der Waals surface area contributed by atoms with Gasteiger partial charge in [0.2, 0.25) is 0 Å². The van der Waals surface area contributed by atoms with E-state index in [1.165, 1.54) is 31.4 Å². The van der Waals surface area contributed by atoms with E-state index in [0.717, 1.165) is 31.8 Å². The van der Waals surface area contributed by atoms with Gasteiger partial charge in [-0.2, -0.15) is 13.2 Å². The van der Waals surface area contributed by atoms with Gasteiger partial charge in [-0.05, 0) is 51.1 Å². The molecule has 2 rings (SSSR count). The van der Waals surface area contributed by atoms with Crippen LogP contribution >= 0.6 is 0 Å². The Balaban J connectivity index is 1.74. The second-order valence-corrected chi connectivity index (χ2v) is 6.47. The van der Waals surface area contributed by atoms with Crippen LogP contribution in [0.2, 0.25) is 0 Å². The number of amides is 2. The molecule has 1 atom stereocenters. The van der Waals surface area contributed by atoms with E-state index in [4.69, 9.17) is 0 Å². The number of halogens is 3. The Morgan fingerprint density at radius 3 is 2.69 bits per heavy atom. The van der Waals surface area contributed by atoms with E-state index in [2.05, 4.69) is 27.4 Å². The first-order valence-electron chi connectivity index (χ1n) is 8.77. The minimum absolute atomic E-state index is 0.0181. The molecular formula is C19H24F3N3O. The highest BCUT2D eigenvalue weighted by Crippen LogP contribution is 2.29. The van der Waals surface area contributed by atoms with Gasteiger partial charge in [0.1, 0.15) is 0 Å². The third-order valence-corrected chi connectivity index (χ3v) is 4.12. The molecule has 4 nitrogen and oxygen atoms in total. The summed E-state index contributed by atoms with van der Waals surface area (Å²) >= 11 is 0. The summed E-state index contributed by atoms with van der Waals surface area (Å²) < 4.78 is 37.9. The fourth-order valence-corrected chi connectivity index (χ4v) is 2.89. The van der Waals surface area contributed by atoms with Crippen molar-refractivity contribution in [2.75, 3.05) is 26.2 Å². The molecule has 7 heteroatoms. The zero-order valence-electron chi connectivity index (χ0n) is 14.8. The predicted octanol–water partition coefficient (Wildman–Crippen LogP) is 3.23. The summed E-state index contributed by atoms with van der Waals surface area (Å²) in [5, 5.41) is 5.45. The maximum atomic E-state index is 12.6. The van der Waals surface area contributed by atoms with Crippen molar-refractivity contribution in [2.45, 2.75) is 38.4 Å². The van der Waals surface area contributed by atoms with Crippen molar-refractivity contribution in [3.8, 4) is 11.8 Å². The van der Waals surface area contributed by atoms with Gasteiger partial charge in [-0.15, -0.1) is 0 Å². The molecule has 1 aromatic rings. The molecule has 2 N–H and O–H groups in total. The number of carbonyl (C=O) groups excluding carboxylic acids is 1. The smallest absolute Gasteiger partial charge is 0.334 e. The van der Waals surface area contributed by atoms with Crippen molar-refractivity contribution >= 4 is 6.03 Å². The van der Waals surface area contributed by atoms with Crippen molar-refractivity contribution in [3.05, 3.63) is 35.4 Å². The topological polar surface area (TPSA) is 44.4 Å². The highest BCUT2D eigenvalue weighted by Gasteiger charge is 2.30. The van der Waals surface area contributed by atoms with Crippen LogP contribution < -0.4 is 10.6 Å². The number of benzene rings is 1. The molecule has 0 saturated carbocycles. The van der Waals surface area contributed by atoms with E-state index in [1.54, 1.807) is 0 Å². The molecule has 142 valence electrons. The summed E-state index contributed by atoms with van der Waals surface area (Å²) in [6.45, 7) is 4.95. The molecule has 1 fully saturated rings. The third kappa shape index (κ3) is 6.96. The third-order valence-electron chi connectivity index (χ3n) is 4.12. The van der Waals surface area contributed by atoms with Crippen molar-refractivity contribution in [1.29, 1.82) is 0 Å². The van der Waals surface area contributed by atoms with E-state index >= 15 is 0 Å². The number of hydrogen-bond donors (Lipinski definition) is 2. The molecule has 0 bridgehead atoms. The fraction of sp³-hybridized carbons (Fsp3) is 0.526. The zero-order chi connectivity index (χ0) is 19.0. The Morgan fingerprint density at radius 2 is 2.00 bits per heavy atom. The lowest BCUT2D eigenvalue weighted by atomic mass is 10.1. The lowest BCUT2D eigenvalue weighted by Gasteiger charge is -2.29. The fourth-order valence-electron chi connectivity index (χ4n) is 2.89. The summed E-state index contributed by atoms with van der Waals surface area (Å²) in [5.74, 6) is 5.30. The first-order valence-corrected chi connectivity index (χ1v) is 8.77. The van der Waals surface area contributed by atoms with E-state index in [9.17, 15) is 18.0 Å². The molecule has 1 aliphatic heterocycles. The van der Waals surface area contributed by atoms with Gasteiger partial charge in [-0.25, -0.2) is 4.79 Å². The van der Waals surface area contributed by atoms with Crippen LogP contribution in [0, 0.1) is 11.8 Å². The molecule has 1 aromatic carbocycles. The standard InChI is InChI=1S/C19H24F3N3O/c1-15(14-25-11-3-2-4-12-25)24-18(26)23-10-6-8-16-7-5-9-17(13-16)19(20,21)22/h5,7,9,13,15H,2-4,10-12,14H2,1H3,(H2,23,24,26). The van der Waals surface area contributed by atoms with Crippen molar-refractivity contribution in [3.63, 3.8) is 0 Å².